The molecule has 7 heteroatoms. The van der Waals surface area contributed by atoms with Crippen molar-refractivity contribution in [3.05, 3.63) is 59.5 Å². The average molecular weight is 454 g/mol. The van der Waals surface area contributed by atoms with Crippen molar-refractivity contribution in [2.24, 2.45) is 0 Å². The van der Waals surface area contributed by atoms with Crippen LogP contribution in [0.4, 0.5) is 4.39 Å². The summed E-state index contributed by atoms with van der Waals surface area (Å²) in [7, 11) is 0. The average Bonchev–Trinajstić information content (AvgIpc) is 3.27. The molecular weight excluding hydrogens is 421 g/mol. The number of aromatic nitrogens is 1. The molecule has 0 aliphatic carbocycles. The third kappa shape index (κ3) is 5.72. The second-order valence-corrected chi connectivity index (χ2v) is 9.06. The number of ether oxygens (including phenoxy) is 2. The first-order valence-electron chi connectivity index (χ1n) is 12.0. The lowest BCUT2D eigenvalue weighted by Gasteiger charge is -2.31. The maximum atomic E-state index is 13.4. The van der Waals surface area contributed by atoms with E-state index < -0.39 is 0 Å². The highest BCUT2D eigenvalue weighted by molar-refractivity contribution is 5.79. The predicted molar refractivity (Wildman–Crippen MR) is 125 cm³/mol. The maximum absolute atomic E-state index is 13.4. The fourth-order valence-corrected chi connectivity index (χ4v) is 4.84. The number of morpholine rings is 1. The Labute approximate surface area is 194 Å². The lowest BCUT2D eigenvalue weighted by atomic mass is 9.91. The normalized spacial score (nSPS) is 18.7. The highest BCUT2D eigenvalue weighted by Gasteiger charge is 2.25. The smallest absolute Gasteiger partial charge is 0.170 e. The van der Waals surface area contributed by atoms with Gasteiger partial charge in [-0.1, -0.05) is 17.3 Å². The van der Waals surface area contributed by atoms with Gasteiger partial charge in [0, 0.05) is 43.5 Å². The topological polar surface area (TPSA) is 51.0 Å². The molecule has 0 atom stereocenters. The van der Waals surface area contributed by atoms with E-state index in [9.17, 15) is 4.39 Å². The summed E-state index contributed by atoms with van der Waals surface area (Å²) in [6.07, 6.45) is 3.10. The molecule has 0 spiro atoms. The van der Waals surface area contributed by atoms with E-state index in [1.54, 1.807) is 6.07 Å². The minimum Gasteiger partial charge on any atom is -0.494 e. The Hall–Kier alpha value is -2.48. The summed E-state index contributed by atoms with van der Waals surface area (Å²) in [6, 6.07) is 13.2. The first kappa shape index (κ1) is 22.3. The third-order valence-electron chi connectivity index (χ3n) is 6.76. The Bertz CT molecular complexity index is 1020. The number of likely N-dealkylation sites (tertiary alicyclic amines) is 1. The van der Waals surface area contributed by atoms with E-state index in [1.807, 2.05) is 0 Å². The predicted octanol–water partition coefficient (Wildman–Crippen LogP) is 4.45. The molecule has 2 aliphatic rings. The first-order valence-corrected chi connectivity index (χ1v) is 12.0. The van der Waals surface area contributed by atoms with Crippen LogP contribution in [0.2, 0.25) is 0 Å². The fraction of sp³-hybridized carbons (Fsp3) is 0.500. The van der Waals surface area contributed by atoms with Crippen LogP contribution in [-0.2, 0) is 11.3 Å². The van der Waals surface area contributed by atoms with E-state index in [0.29, 0.717) is 11.5 Å². The third-order valence-corrected chi connectivity index (χ3v) is 6.76. The molecule has 176 valence electrons. The number of halogens is 1. The molecule has 0 radical (unpaired) electrons. The molecule has 2 fully saturated rings. The summed E-state index contributed by atoms with van der Waals surface area (Å²) < 4.78 is 30.1. The van der Waals surface area contributed by atoms with Gasteiger partial charge in [0.2, 0.25) is 0 Å². The summed E-state index contributed by atoms with van der Waals surface area (Å²) in [5.41, 5.74) is 2.81. The molecule has 1 aromatic heterocycles. The Balaban J connectivity index is 1.05. The van der Waals surface area contributed by atoms with E-state index >= 15 is 0 Å². The molecule has 2 saturated heterocycles. The number of rotatable bonds is 8. The quantitative estimate of drug-likeness (QED) is 0.470. The molecule has 6 nitrogen and oxygen atoms in total. The maximum Gasteiger partial charge on any atom is 0.170 e. The van der Waals surface area contributed by atoms with Crippen LogP contribution in [0.5, 0.6) is 5.75 Å². The van der Waals surface area contributed by atoms with Gasteiger partial charge in [0.15, 0.2) is 5.58 Å². The number of hydrogen-bond acceptors (Lipinski definition) is 6. The zero-order chi connectivity index (χ0) is 22.5. The molecule has 2 aliphatic heterocycles. The molecule has 3 aromatic rings. The Morgan fingerprint density at radius 2 is 1.76 bits per heavy atom. The van der Waals surface area contributed by atoms with E-state index in [1.165, 1.54) is 17.7 Å². The van der Waals surface area contributed by atoms with Crippen molar-refractivity contribution in [3.63, 3.8) is 0 Å². The zero-order valence-electron chi connectivity index (χ0n) is 19.0. The van der Waals surface area contributed by atoms with Crippen molar-refractivity contribution in [3.8, 4) is 5.75 Å². The van der Waals surface area contributed by atoms with Gasteiger partial charge >= 0.3 is 0 Å². The molecule has 5 rings (SSSR count). The summed E-state index contributed by atoms with van der Waals surface area (Å²) in [5.74, 6) is 1.01. The Kier molecular flexibility index (Phi) is 7.19. The van der Waals surface area contributed by atoms with Crippen molar-refractivity contribution < 1.29 is 18.4 Å². The van der Waals surface area contributed by atoms with E-state index in [-0.39, 0.29) is 5.82 Å². The monoisotopic (exact) mass is 453 g/mol. The summed E-state index contributed by atoms with van der Waals surface area (Å²) in [4.78, 5) is 4.92. The molecule has 2 aromatic carbocycles. The molecule has 0 amide bonds. The zero-order valence-corrected chi connectivity index (χ0v) is 19.0. The second kappa shape index (κ2) is 10.6. The van der Waals surface area contributed by atoms with Gasteiger partial charge < -0.3 is 14.0 Å². The highest BCUT2D eigenvalue weighted by atomic mass is 19.1. The van der Waals surface area contributed by atoms with Crippen molar-refractivity contribution in [1.29, 1.82) is 0 Å². The molecule has 0 unspecified atom stereocenters. The van der Waals surface area contributed by atoms with Crippen LogP contribution < -0.4 is 4.74 Å². The first-order chi connectivity index (χ1) is 16.2. The minimum atomic E-state index is -0.288. The van der Waals surface area contributed by atoms with Crippen LogP contribution in [0.25, 0.3) is 11.0 Å². The lowest BCUT2D eigenvalue weighted by Crippen LogP contribution is -2.37. The van der Waals surface area contributed by atoms with Crippen molar-refractivity contribution in [2.45, 2.75) is 31.7 Å². The van der Waals surface area contributed by atoms with Crippen molar-refractivity contribution in [2.75, 3.05) is 52.5 Å². The molecule has 0 N–H and O–H groups in total. The number of fused-ring (bicyclic) bond motifs is 1. The van der Waals surface area contributed by atoms with Gasteiger partial charge in [-0.25, -0.2) is 4.39 Å². The van der Waals surface area contributed by atoms with Crippen LogP contribution in [0.1, 0.15) is 36.4 Å². The van der Waals surface area contributed by atoms with Gasteiger partial charge in [0.05, 0.1) is 25.5 Å². The van der Waals surface area contributed by atoms with Gasteiger partial charge in [0.1, 0.15) is 11.6 Å². The Morgan fingerprint density at radius 1 is 0.970 bits per heavy atom. The SMILES string of the molecule is Fc1ccc2c(C3CCN(Cc4ccc(OCCCN5CCOCC5)cc4)CC3)noc2c1. The number of hydrogen-bond donors (Lipinski definition) is 0. The van der Waals surface area contributed by atoms with Crippen molar-refractivity contribution in [1.82, 2.24) is 15.0 Å². The number of nitrogens with zero attached hydrogens (tertiary/aromatic N) is 3. The van der Waals surface area contributed by atoms with Crippen LogP contribution in [0.3, 0.4) is 0 Å². The van der Waals surface area contributed by atoms with E-state index in [0.717, 1.165) is 95.2 Å². The van der Waals surface area contributed by atoms with E-state index in [2.05, 4.69) is 39.2 Å². The molecular formula is C26H32FN3O3. The Morgan fingerprint density at radius 3 is 2.55 bits per heavy atom. The van der Waals surface area contributed by atoms with Gasteiger partial charge in [-0.05, 0) is 62.2 Å². The van der Waals surface area contributed by atoms with Crippen molar-refractivity contribution >= 4 is 11.0 Å². The highest BCUT2D eigenvalue weighted by Crippen LogP contribution is 2.33. The number of benzene rings is 2. The molecule has 0 bridgehead atoms. The number of piperidine rings is 1. The molecule has 33 heavy (non-hydrogen) atoms. The summed E-state index contributed by atoms with van der Waals surface area (Å²) in [6.45, 7) is 8.53. The molecule has 0 saturated carbocycles. The van der Waals surface area contributed by atoms with Crippen LogP contribution in [0, 0.1) is 5.82 Å². The second-order valence-electron chi connectivity index (χ2n) is 9.06. The van der Waals surface area contributed by atoms with Crippen LogP contribution in [0.15, 0.2) is 47.0 Å². The van der Waals surface area contributed by atoms with Gasteiger partial charge in [-0.2, -0.15) is 0 Å². The van der Waals surface area contributed by atoms with Crippen LogP contribution >= 0.6 is 0 Å². The van der Waals surface area contributed by atoms with Gasteiger partial charge in [-0.15, -0.1) is 0 Å². The minimum absolute atomic E-state index is 0.288. The van der Waals surface area contributed by atoms with Crippen LogP contribution in [-0.4, -0.2) is 67.5 Å². The lowest BCUT2D eigenvalue weighted by molar-refractivity contribution is 0.0358. The van der Waals surface area contributed by atoms with Gasteiger partial charge in [0.25, 0.3) is 0 Å². The largest absolute Gasteiger partial charge is 0.494 e. The fourth-order valence-electron chi connectivity index (χ4n) is 4.84. The summed E-state index contributed by atoms with van der Waals surface area (Å²) in [5, 5.41) is 5.19. The summed E-state index contributed by atoms with van der Waals surface area (Å²) >= 11 is 0. The van der Waals surface area contributed by atoms with E-state index in [4.69, 9.17) is 14.0 Å². The standard InChI is InChI=1S/C26H32FN3O3/c27-22-4-7-24-25(18-22)33-28-26(24)21-8-11-30(12-9-21)19-20-2-5-23(6-3-20)32-15-1-10-29-13-16-31-17-14-29/h2-7,18,21H,1,8-17,19H2. The molecule has 3 heterocycles. The van der Waals surface area contributed by atoms with Gasteiger partial charge in [-0.3, -0.25) is 9.80 Å².